The Morgan fingerprint density at radius 1 is 1.29 bits per heavy atom. The van der Waals surface area contributed by atoms with E-state index in [4.69, 9.17) is 4.42 Å². The van der Waals surface area contributed by atoms with Gasteiger partial charge in [0.05, 0.1) is 12.5 Å². The molecule has 1 N–H and O–H groups in total. The molecule has 1 heterocycles. The Kier molecular flexibility index (Phi) is 2.73. The topological polar surface area (TPSA) is 25.2 Å². The molecule has 0 amide bonds. The van der Waals surface area contributed by atoms with Crippen molar-refractivity contribution in [2.45, 2.75) is 18.9 Å². The molecule has 0 bridgehead atoms. The maximum Gasteiger partial charge on any atom is 0.0934 e. The van der Waals surface area contributed by atoms with Crippen LogP contribution in [0.3, 0.4) is 0 Å². The summed E-state index contributed by atoms with van der Waals surface area (Å²) in [5.41, 5.74) is 4.24. The van der Waals surface area contributed by atoms with Crippen LogP contribution in [0.25, 0.3) is 0 Å². The summed E-state index contributed by atoms with van der Waals surface area (Å²) in [4.78, 5) is 0. The molecule has 1 aromatic heterocycles. The molecule has 2 atom stereocenters. The van der Waals surface area contributed by atoms with E-state index in [-0.39, 0.29) is 0 Å². The first kappa shape index (κ1) is 10.6. The van der Waals surface area contributed by atoms with Gasteiger partial charge in [0.2, 0.25) is 0 Å². The predicted octanol–water partition coefficient (Wildman–Crippen LogP) is 2.96. The van der Waals surface area contributed by atoms with Gasteiger partial charge >= 0.3 is 0 Å². The first-order valence-corrected chi connectivity index (χ1v) is 6.14. The summed E-state index contributed by atoms with van der Waals surface area (Å²) < 4.78 is 5.15. The SMILES string of the molecule is CNC1c2ccccc2CC1Cc1ccoc1. The van der Waals surface area contributed by atoms with E-state index in [2.05, 4.69) is 42.7 Å². The summed E-state index contributed by atoms with van der Waals surface area (Å²) in [7, 11) is 2.05. The van der Waals surface area contributed by atoms with Crippen molar-refractivity contribution in [3.05, 3.63) is 59.5 Å². The smallest absolute Gasteiger partial charge is 0.0934 e. The normalized spacial score (nSPS) is 22.6. The highest BCUT2D eigenvalue weighted by Gasteiger charge is 2.30. The largest absolute Gasteiger partial charge is 0.472 e. The van der Waals surface area contributed by atoms with Crippen molar-refractivity contribution in [3.63, 3.8) is 0 Å². The van der Waals surface area contributed by atoms with Crippen LogP contribution in [0.15, 0.2) is 47.3 Å². The van der Waals surface area contributed by atoms with Gasteiger partial charge in [-0.25, -0.2) is 0 Å². The zero-order valence-corrected chi connectivity index (χ0v) is 10.0. The van der Waals surface area contributed by atoms with Gasteiger partial charge in [0.15, 0.2) is 0 Å². The Morgan fingerprint density at radius 2 is 2.18 bits per heavy atom. The molecule has 0 aliphatic heterocycles. The molecule has 2 unspecified atom stereocenters. The third kappa shape index (κ3) is 1.89. The first-order chi connectivity index (χ1) is 8.38. The Hall–Kier alpha value is -1.54. The molecule has 0 radical (unpaired) electrons. The molecule has 0 fully saturated rings. The molecule has 3 rings (SSSR count). The highest BCUT2D eigenvalue weighted by atomic mass is 16.3. The minimum atomic E-state index is 0.473. The van der Waals surface area contributed by atoms with Crippen LogP contribution >= 0.6 is 0 Å². The van der Waals surface area contributed by atoms with Gasteiger partial charge in [-0.1, -0.05) is 24.3 Å². The Bertz CT molecular complexity index is 487. The maximum atomic E-state index is 5.15. The molecule has 0 saturated carbocycles. The lowest BCUT2D eigenvalue weighted by Crippen LogP contribution is -2.22. The van der Waals surface area contributed by atoms with Crippen LogP contribution in [0, 0.1) is 5.92 Å². The quantitative estimate of drug-likeness (QED) is 0.872. The lowest BCUT2D eigenvalue weighted by atomic mass is 9.94. The fourth-order valence-electron chi connectivity index (χ4n) is 2.97. The van der Waals surface area contributed by atoms with Crippen molar-refractivity contribution in [2.24, 2.45) is 5.92 Å². The monoisotopic (exact) mass is 227 g/mol. The summed E-state index contributed by atoms with van der Waals surface area (Å²) in [6.45, 7) is 0. The van der Waals surface area contributed by atoms with Gasteiger partial charge < -0.3 is 9.73 Å². The highest BCUT2D eigenvalue weighted by Crippen LogP contribution is 2.37. The van der Waals surface area contributed by atoms with Crippen molar-refractivity contribution in [3.8, 4) is 0 Å². The molecule has 0 saturated heterocycles. The number of rotatable bonds is 3. The van der Waals surface area contributed by atoms with Gasteiger partial charge in [0.25, 0.3) is 0 Å². The molecule has 88 valence electrons. The molecular weight excluding hydrogens is 210 g/mol. The van der Waals surface area contributed by atoms with Gasteiger partial charge in [-0.3, -0.25) is 0 Å². The van der Waals surface area contributed by atoms with Crippen LogP contribution in [0.5, 0.6) is 0 Å². The Labute approximate surface area is 102 Å². The fraction of sp³-hybridized carbons (Fsp3) is 0.333. The van der Waals surface area contributed by atoms with E-state index in [9.17, 15) is 0 Å². The third-order valence-electron chi connectivity index (χ3n) is 3.73. The minimum Gasteiger partial charge on any atom is -0.472 e. The summed E-state index contributed by atoms with van der Waals surface area (Å²) in [6.07, 6.45) is 5.85. The van der Waals surface area contributed by atoms with Crippen LogP contribution in [0.2, 0.25) is 0 Å². The second kappa shape index (κ2) is 4.38. The van der Waals surface area contributed by atoms with E-state index >= 15 is 0 Å². The third-order valence-corrected chi connectivity index (χ3v) is 3.73. The van der Waals surface area contributed by atoms with E-state index < -0.39 is 0 Å². The standard InChI is InChI=1S/C15H17NO/c1-16-15-13(8-11-6-7-17-10-11)9-12-4-2-3-5-14(12)15/h2-7,10,13,15-16H,8-9H2,1H3. The van der Waals surface area contributed by atoms with Crippen molar-refractivity contribution in [1.82, 2.24) is 5.32 Å². The number of hydrogen-bond donors (Lipinski definition) is 1. The molecule has 2 heteroatoms. The van der Waals surface area contributed by atoms with E-state index in [0.29, 0.717) is 12.0 Å². The summed E-state index contributed by atoms with van der Waals surface area (Å²) in [6, 6.07) is 11.3. The Balaban J connectivity index is 1.84. The van der Waals surface area contributed by atoms with Gasteiger partial charge in [-0.15, -0.1) is 0 Å². The molecule has 1 aromatic carbocycles. The van der Waals surface area contributed by atoms with E-state index in [1.807, 2.05) is 6.26 Å². The fourth-order valence-corrected chi connectivity index (χ4v) is 2.97. The lowest BCUT2D eigenvalue weighted by molar-refractivity contribution is 0.409. The number of furan rings is 1. The minimum absolute atomic E-state index is 0.473. The van der Waals surface area contributed by atoms with Crippen molar-refractivity contribution < 1.29 is 4.42 Å². The average Bonchev–Trinajstić information content (AvgIpc) is 2.96. The maximum absolute atomic E-state index is 5.15. The van der Waals surface area contributed by atoms with Crippen LogP contribution in [0.4, 0.5) is 0 Å². The first-order valence-electron chi connectivity index (χ1n) is 6.14. The van der Waals surface area contributed by atoms with Crippen molar-refractivity contribution in [1.29, 1.82) is 0 Å². The summed E-state index contributed by atoms with van der Waals surface area (Å²) >= 11 is 0. The molecule has 2 aromatic rings. The lowest BCUT2D eigenvalue weighted by Gasteiger charge is -2.19. The summed E-state index contributed by atoms with van der Waals surface area (Å²) in [5.74, 6) is 0.634. The van der Waals surface area contributed by atoms with Crippen LogP contribution in [0.1, 0.15) is 22.7 Å². The molecule has 1 aliphatic carbocycles. The average molecular weight is 227 g/mol. The molecule has 17 heavy (non-hydrogen) atoms. The van der Waals surface area contributed by atoms with Crippen molar-refractivity contribution >= 4 is 0 Å². The number of fused-ring (bicyclic) bond motifs is 1. The number of hydrogen-bond acceptors (Lipinski definition) is 2. The van der Waals surface area contributed by atoms with Gasteiger partial charge in [-0.05, 0) is 48.6 Å². The molecule has 2 nitrogen and oxygen atoms in total. The Morgan fingerprint density at radius 3 is 2.94 bits per heavy atom. The van der Waals surface area contributed by atoms with Crippen molar-refractivity contribution in [2.75, 3.05) is 7.05 Å². The van der Waals surface area contributed by atoms with Gasteiger partial charge in [-0.2, -0.15) is 0 Å². The molecule has 1 aliphatic rings. The van der Waals surface area contributed by atoms with Gasteiger partial charge in [0.1, 0.15) is 0 Å². The zero-order chi connectivity index (χ0) is 11.7. The van der Waals surface area contributed by atoms with E-state index in [1.54, 1.807) is 6.26 Å². The predicted molar refractivity (Wildman–Crippen MR) is 67.8 cm³/mol. The van der Waals surface area contributed by atoms with Crippen LogP contribution in [-0.2, 0) is 12.8 Å². The highest BCUT2D eigenvalue weighted by molar-refractivity contribution is 5.36. The van der Waals surface area contributed by atoms with Crippen LogP contribution in [-0.4, -0.2) is 7.05 Å². The number of benzene rings is 1. The van der Waals surface area contributed by atoms with Crippen LogP contribution < -0.4 is 5.32 Å². The zero-order valence-electron chi connectivity index (χ0n) is 10.0. The van der Waals surface area contributed by atoms with E-state index in [1.165, 1.54) is 16.7 Å². The number of nitrogens with one attached hydrogen (secondary N) is 1. The second-order valence-corrected chi connectivity index (χ2v) is 4.77. The van der Waals surface area contributed by atoms with Gasteiger partial charge in [0, 0.05) is 6.04 Å². The second-order valence-electron chi connectivity index (χ2n) is 4.77. The summed E-state index contributed by atoms with van der Waals surface area (Å²) in [5, 5.41) is 3.45. The van der Waals surface area contributed by atoms with E-state index in [0.717, 1.165) is 12.8 Å². The molecular formula is C15H17NO. The molecule has 0 spiro atoms.